The van der Waals surface area contributed by atoms with E-state index < -0.39 is 0 Å². The van der Waals surface area contributed by atoms with E-state index in [1.165, 1.54) is 5.56 Å². The number of carbonyl (C=O) groups excluding carboxylic acids is 1. The zero-order valence-corrected chi connectivity index (χ0v) is 11.5. The largest absolute Gasteiger partial charge is 0.482 e. The van der Waals surface area contributed by atoms with Crippen molar-refractivity contribution in [3.05, 3.63) is 60.2 Å². The predicted octanol–water partition coefficient (Wildman–Crippen LogP) is 3.14. The Balaban J connectivity index is 1.59. The Morgan fingerprint density at radius 2 is 2.05 bits per heavy atom. The van der Waals surface area contributed by atoms with Crippen molar-refractivity contribution in [1.82, 2.24) is 0 Å². The summed E-state index contributed by atoms with van der Waals surface area (Å²) in [5.74, 6) is 0.584. The van der Waals surface area contributed by atoms with Crippen molar-refractivity contribution in [3.8, 4) is 5.75 Å². The number of benzene rings is 2. The first-order chi connectivity index (χ1) is 10.3. The van der Waals surface area contributed by atoms with E-state index in [0.717, 1.165) is 17.9 Å². The van der Waals surface area contributed by atoms with Crippen molar-refractivity contribution in [1.29, 1.82) is 0 Å². The number of amides is 1. The fourth-order valence-electron chi connectivity index (χ4n) is 2.12. The van der Waals surface area contributed by atoms with Crippen LogP contribution in [0.3, 0.4) is 0 Å². The van der Waals surface area contributed by atoms with Gasteiger partial charge < -0.3 is 15.4 Å². The topological polar surface area (TPSA) is 50.4 Å². The SMILES string of the molecule is O=C1COc2cc(NC/C=C/c3ccccc3)ccc2N1. The molecule has 0 atom stereocenters. The minimum Gasteiger partial charge on any atom is -0.482 e. The number of rotatable bonds is 4. The average Bonchev–Trinajstić information content (AvgIpc) is 2.52. The molecule has 0 aromatic heterocycles. The summed E-state index contributed by atoms with van der Waals surface area (Å²) in [4.78, 5) is 11.2. The molecule has 21 heavy (non-hydrogen) atoms. The lowest BCUT2D eigenvalue weighted by molar-refractivity contribution is -0.118. The Bertz CT molecular complexity index is 666. The molecule has 0 fully saturated rings. The van der Waals surface area contributed by atoms with Crippen molar-refractivity contribution in [2.75, 3.05) is 23.8 Å². The average molecular weight is 280 g/mol. The second-order valence-corrected chi connectivity index (χ2v) is 4.74. The summed E-state index contributed by atoms with van der Waals surface area (Å²) in [6.07, 6.45) is 4.14. The van der Waals surface area contributed by atoms with Crippen LogP contribution in [0.4, 0.5) is 11.4 Å². The number of nitrogens with one attached hydrogen (secondary N) is 2. The fourth-order valence-corrected chi connectivity index (χ4v) is 2.12. The van der Waals surface area contributed by atoms with Crippen LogP contribution < -0.4 is 15.4 Å². The molecule has 0 bridgehead atoms. The van der Waals surface area contributed by atoms with Crippen LogP contribution in [0.5, 0.6) is 5.75 Å². The summed E-state index contributed by atoms with van der Waals surface area (Å²) in [5.41, 5.74) is 2.86. The van der Waals surface area contributed by atoms with E-state index in [0.29, 0.717) is 5.75 Å². The van der Waals surface area contributed by atoms with Crippen LogP contribution in [-0.4, -0.2) is 19.1 Å². The summed E-state index contributed by atoms with van der Waals surface area (Å²) in [7, 11) is 0. The zero-order chi connectivity index (χ0) is 14.5. The first-order valence-electron chi connectivity index (χ1n) is 6.83. The molecule has 4 heteroatoms. The van der Waals surface area contributed by atoms with Gasteiger partial charge in [-0.05, 0) is 17.7 Å². The van der Waals surface area contributed by atoms with Crippen molar-refractivity contribution >= 4 is 23.4 Å². The standard InChI is InChI=1S/C17H16N2O2/c20-17-12-21-16-11-14(8-9-15(16)19-17)18-10-4-7-13-5-2-1-3-6-13/h1-9,11,18H,10,12H2,(H,19,20)/b7-4+. The van der Waals surface area contributed by atoms with Gasteiger partial charge in [-0.15, -0.1) is 0 Å². The minimum atomic E-state index is -0.117. The Hall–Kier alpha value is -2.75. The van der Waals surface area contributed by atoms with Gasteiger partial charge >= 0.3 is 0 Å². The molecule has 0 saturated heterocycles. The van der Waals surface area contributed by atoms with Gasteiger partial charge in [0.15, 0.2) is 6.61 Å². The minimum absolute atomic E-state index is 0.0738. The maximum Gasteiger partial charge on any atom is 0.262 e. The number of anilines is 2. The van der Waals surface area contributed by atoms with Crippen molar-refractivity contribution in [3.63, 3.8) is 0 Å². The fraction of sp³-hybridized carbons (Fsp3) is 0.118. The number of hydrogen-bond donors (Lipinski definition) is 2. The molecule has 0 spiro atoms. The summed E-state index contributed by atoms with van der Waals surface area (Å²) in [6.45, 7) is 0.796. The lowest BCUT2D eigenvalue weighted by atomic mass is 10.2. The Kier molecular flexibility index (Phi) is 3.87. The molecule has 0 aliphatic carbocycles. The third kappa shape index (κ3) is 3.42. The molecule has 2 N–H and O–H groups in total. The van der Waals surface area contributed by atoms with Crippen LogP contribution in [0.1, 0.15) is 5.56 Å². The van der Waals surface area contributed by atoms with Crippen molar-refractivity contribution in [2.24, 2.45) is 0 Å². The molecule has 2 aromatic carbocycles. The molecule has 106 valence electrons. The summed E-state index contributed by atoms with van der Waals surface area (Å²) in [6, 6.07) is 15.8. The molecule has 0 radical (unpaired) electrons. The van der Waals surface area contributed by atoms with E-state index in [9.17, 15) is 4.79 Å². The second kappa shape index (κ2) is 6.13. The molecular formula is C17H16N2O2. The van der Waals surface area contributed by atoms with Crippen LogP contribution >= 0.6 is 0 Å². The monoisotopic (exact) mass is 280 g/mol. The Morgan fingerprint density at radius 3 is 2.90 bits per heavy atom. The molecule has 1 amide bonds. The van der Waals surface area contributed by atoms with Gasteiger partial charge in [0.2, 0.25) is 0 Å². The van der Waals surface area contributed by atoms with Crippen LogP contribution in [0.2, 0.25) is 0 Å². The van der Waals surface area contributed by atoms with Crippen LogP contribution in [0.25, 0.3) is 6.08 Å². The van der Waals surface area contributed by atoms with Crippen LogP contribution in [0.15, 0.2) is 54.6 Å². The van der Waals surface area contributed by atoms with E-state index in [4.69, 9.17) is 4.74 Å². The first-order valence-corrected chi connectivity index (χ1v) is 6.83. The van der Waals surface area contributed by atoms with Gasteiger partial charge in [-0.25, -0.2) is 0 Å². The van der Waals surface area contributed by atoms with E-state index >= 15 is 0 Å². The second-order valence-electron chi connectivity index (χ2n) is 4.74. The quantitative estimate of drug-likeness (QED) is 0.904. The Morgan fingerprint density at radius 1 is 1.19 bits per heavy atom. The van der Waals surface area contributed by atoms with E-state index in [1.54, 1.807) is 0 Å². The van der Waals surface area contributed by atoms with Gasteiger partial charge in [-0.1, -0.05) is 42.5 Å². The molecule has 0 saturated carbocycles. The Labute approximate surface area is 123 Å². The number of carbonyl (C=O) groups is 1. The third-order valence-electron chi connectivity index (χ3n) is 3.15. The molecule has 1 heterocycles. The lowest BCUT2D eigenvalue weighted by Crippen LogP contribution is -2.25. The third-order valence-corrected chi connectivity index (χ3v) is 3.15. The van der Waals surface area contributed by atoms with Gasteiger partial charge in [-0.3, -0.25) is 4.79 Å². The van der Waals surface area contributed by atoms with Crippen molar-refractivity contribution in [2.45, 2.75) is 0 Å². The highest BCUT2D eigenvalue weighted by molar-refractivity contribution is 5.95. The molecule has 0 unspecified atom stereocenters. The van der Waals surface area contributed by atoms with Gasteiger partial charge in [0.1, 0.15) is 5.75 Å². The lowest BCUT2D eigenvalue weighted by Gasteiger charge is -2.18. The molecule has 4 nitrogen and oxygen atoms in total. The molecule has 2 aromatic rings. The molecule has 1 aliphatic rings. The van der Waals surface area contributed by atoms with E-state index in [1.807, 2.05) is 36.4 Å². The summed E-state index contributed by atoms with van der Waals surface area (Å²) < 4.78 is 5.38. The number of fused-ring (bicyclic) bond motifs is 1. The molecular weight excluding hydrogens is 264 g/mol. The zero-order valence-electron chi connectivity index (χ0n) is 11.5. The normalized spacial score (nSPS) is 13.4. The molecule has 3 rings (SSSR count). The number of ether oxygens (including phenoxy) is 1. The summed E-state index contributed by atoms with van der Waals surface area (Å²) in [5, 5.41) is 6.07. The highest BCUT2D eigenvalue weighted by atomic mass is 16.5. The smallest absolute Gasteiger partial charge is 0.262 e. The maximum absolute atomic E-state index is 11.2. The van der Waals surface area contributed by atoms with Crippen molar-refractivity contribution < 1.29 is 9.53 Å². The first kappa shape index (κ1) is 13.2. The van der Waals surface area contributed by atoms with Crippen LogP contribution in [0, 0.1) is 0 Å². The van der Waals surface area contributed by atoms with Crippen LogP contribution in [-0.2, 0) is 4.79 Å². The molecule has 1 aliphatic heterocycles. The highest BCUT2D eigenvalue weighted by Crippen LogP contribution is 2.30. The van der Waals surface area contributed by atoms with Gasteiger partial charge in [0, 0.05) is 18.3 Å². The van der Waals surface area contributed by atoms with E-state index in [2.05, 4.69) is 34.9 Å². The highest BCUT2D eigenvalue weighted by Gasteiger charge is 2.15. The number of hydrogen-bond acceptors (Lipinski definition) is 3. The van der Waals surface area contributed by atoms with Gasteiger partial charge in [0.05, 0.1) is 5.69 Å². The predicted molar refractivity (Wildman–Crippen MR) is 84.5 cm³/mol. The van der Waals surface area contributed by atoms with Gasteiger partial charge in [0.25, 0.3) is 5.91 Å². The van der Waals surface area contributed by atoms with Gasteiger partial charge in [-0.2, -0.15) is 0 Å². The summed E-state index contributed by atoms with van der Waals surface area (Å²) >= 11 is 0. The van der Waals surface area contributed by atoms with E-state index in [-0.39, 0.29) is 12.5 Å². The maximum atomic E-state index is 11.2.